The Kier molecular flexibility index (Phi) is 2.74. The molecule has 2 aromatic rings. The van der Waals surface area contributed by atoms with E-state index >= 15 is 0 Å². The Morgan fingerprint density at radius 3 is 2.89 bits per heavy atom. The lowest BCUT2D eigenvalue weighted by Gasteiger charge is -2.15. The summed E-state index contributed by atoms with van der Waals surface area (Å²) in [5.41, 5.74) is 4.55. The molecule has 18 heavy (non-hydrogen) atoms. The Hall–Kier alpha value is -2.27. The number of hydrogen-bond donors (Lipinski definition) is 1. The van der Waals surface area contributed by atoms with Crippen LogP contribution in [-0.4, -0.2) is 0 Å². The summed E-state index contributed by atoms with van der Waals surface area (Å²) in [5.74, 6) is 0. The van der Waals surface area contributed by atoms with Crippen LogP contribution in [0.2, 0.25) is 0 Å². The zero-order chi connectivity index (χ0) is 12.4. The van der Waals surface area contributed by atoms with Gasteiger partial charge in [0.05, 0.1) is 17.7 Å². The molecule has 0 saturated heterocycles. The van der Waals surface area contributed by atoms with Gasteiger partial charge in [-0.25, -0.2) is 0 Å². The monoisotopic (exact) mass is 234 g/mol. The molecule has 0 heterocycles. The number of rotatable bonds is 2. The molecule has 88 valence electrons. The second-order valence-electron chi connectivity index (χ2n) is 4.63. The van der Waals surface area contributed by atoms with Crippen molar-refractivity contribution in [3.63, 3.8) is 0 Å². The highest BCUT2D eigenvalue weighted by Crippen LogP contribution is 2.33. The number of nitrogens with one attached hydrogen (secondary N) is 1. The summed E-state index contributed by atoms with van der Waals surface area (Å²) in [5, 5.41) is 12.4. The summed E-state index contributed by atoms with van der Waals surface area (Å²) in [7, 11) is 0. The number of aryl methyl sites for hydroxylation is 1. The van der Waals surface area contributed by atoms with Crippen LogP contribution in [0.1, 0.15) is 29.2 Å². The third-order valence-corrected chi connectivity index (χ3v) is 3.47. The molecule has 0 aliphatic heterocycles. The van der Waals surface area contributed by atoms with Crippen molar-refractivity contribution in [1.29, 1.82) is 5.26 Å². The zero-order valence-electron chi connectivity index (χ0n) is 10.1. The normalized spacial score (nSPS) is 16.9. The molecular weight excluding hydrogens is 220 g/mol. The Labute approximate surface area is 107 Å². The van der Waals surface area contributed by atoms with Crippen LogP contribution in [0.5, 0.6) is 0 Å². The maximum absolute atomic E-state index is 8.90. The Morgan fingerprint density at radius 2 is 2.00 bits per heavy atom. The second-order valence-corrected chi connectivity index (χ2v) is 4.63. The van der Waals surface area contributed by atoms with Crippen molar-refractivity contribution in [2.24, 2.45) is 0 Å². The molecule has 1 aliphatic carbocycles. The van der Waals surface area contributed by atoms with Crippen LogP contribution in [-0.2, 0) is 6.42 Å². The van der Waals surface area contributed by atoms with E-state index in [2.05, 4.69) is 35.7 Å². The number of anilines is 1. The standard InChI is InChI=1S/C16H14N2/c17-11-12-4-3-6-14(10-12)18-16-9-8-13-5-1-2-7-15(13)16/h1-7,10,16,18H,8-9H2. The molecule has 0 fully saturated rings. The predicted octanol–water partition coefficient (Wildman–Crippen LogP) is 3.66. The fourth-order valence-electron chi connectivity index (χ4n) is 2.59. The van der Waals surface area contributed by atoms with Crippen molar-refractivity contribution >= 4 is 5.69 Å². The first-order chi connectivity index (χ1) is 8.86. The van der Waals surface area contributed by atoms with Crippen LogP contribution in [0.25, 0.3) is 0 Å². The van der Waals surface area contributed by atoms with Crippen LogP contribution in [0.15, 0.2) is 48.5 Å². The van der Waals surface area contributed by atoms with Gasteiger partial charge in [-0.05, 0) is 42.2 Å². The van der Waals surface area contributed by atoms with Gasteiger partial charge in [-0.3, -0.25) is 0 Å². The van der Waals surface area contributed by atoms with Crippen molar-refractivity contribution < 1.29 is 0 Å². The molecule has 1 unspecified atom stereocenters. The summed E-state index contributed by atoms with van der Waals surface area (Å²) in [6, 6.07) is 18.8. The molecule has 0 saturated carbocycles. The van der Waals surface area contributed by atoms with Gasteiger partial charge >= 0.3 is 0 Å². The fourth-order valence-corrected chi connectivity index (χ4v) is 2.59. The van der Waals surface area contributed by atoms with E-state index in [1.54, 1.807) is 0 Å². The van der Waals surface area contributed by atoms with E-state index in [4.69, 9.17) is 5.26 Å². The average molecular weight is 234 g/mol. The van der Waals surface area contributed by atoms with Gasteiger partial charge < -0.3 is 5.32 Å². The zero-order valence-corrected chi connectivity index (χ0v) is 10.1. The first kappa shape index (κ1) is 10.9. The number of benzene rings is 2. The smallest absolute Gasteiger partial charge is 0.0992 e. The minimum absolute atomic E-state index is 0.371. The van der Waals surface area contributed by atoms with Gasteiger partial charge in [0.1, 0.15) is 0 Å². The molecule has 0 bridgehead atoms. The highest BCUT2D eigenvalue weighted by molar-refractivity contribution is 5.52. The first-order valence-electron chi connectivity index (χ1n) is 6.21. The molecule has 0 radical (unpaired) electrons. The first-order valence-corrected chi connectivity index (χ1v) is 6.21. The number of nitrogens with zero attached hydrogens (tertiary/aromatic N) is 1. The molecule has 2 nitrogen and oxygen atoms in total. The van der Waals surface area contributed by atoms with Gasteiger partial charge in [-0.1, -0.05) is 30.3 Å². The summed E-state index contributed by atoms with van der Waals surface area (Å²) in [4.78, 5) is 0. The van der Waals surface area contributed by atoms with Crippen molar-refractivity contribution in [1.82, 2.24) is 0 Å². The van der Waals surface area contributed by atoms with E-state index in [0.717, 1.165) is 18.5 Å². The lowest BCUT2D eigenvalue weighted by atomic mass is 10.1. The molecular formula is C16H14N2. The van der Waals surface area contributed by atoms with Crippen molar-refractivity contribution in [2.45, 2.75) is 18.9 Å². The van der Waals surface area contributed by atoms with Crippen molar-refractivity contribution in [3.8, 4) is 6.07 Å². The predicted molar refractivity (Wildman–Crippen MR) is 72.3 cm³/mol. The molecule has 0 aromatic heterocycles. The minimum atomic E-state index is 0.371. The number of hydrogen-bond acceptors (Lipinski definition) is 2. The summed E-state index contributed by atoms with van der Waals surface area (Å²) < 4.78 is 0. The maximum Gasteiger partial charge on any atom is 0.0992 e. The SMILES string of the molecule is N#Cc1cccc(NC2CCc3ccccc32)c1. The van der Waals surface area contributed by atoms with Gasteiger partial charge in [0.15, 0.2) is 0 Å². The van der Waals surface area contributed by atoms with E-state index < -0.39 is 0 Å². The molecule has 1 aliphatic rings. The average Bonchev–Trinajstić information content (AvgIpc) is 2.83. The molecule has 0 spiro atoms. The number of nitriles is 1. The lowest BCUT2D eigenvalue weighted by Crippen LogP contribution is -2.06. The molecule has 0 amide bonds. The van der Waals surface area contributed by atoms with Crippen LogP contribution in [0.4, 0.5) is 5.69 Å². The quantitative estimate of drug-likeness (QED) is 0.860. The summed E-state index contributed by atoms with van der Waals surface area (Å²) in [6.45, 7) is 0. The highest BCUT2D eigenvalue weighted by Gasteiger charge is 2.21. The van der Waals surface area contributed by atoms with Gasteiger partial charge in [-0.15, -0.1) is 0 Å². The van der Waals surface area contributed by atoms with E-state index in [1.165, 1.54) is 11.1 Å². The summed E-state index contributed by atoms with van der Waals surface area (Å²) >= 11 is 0. The van der Waals surface area contributed by atoms with Crippen LogP contribution < -0.4 is 5.32 Å². The minimum Gasteiger partial charge on any atom is -0.378 e. The summed E-state index contributed by atoms with van der Waals surface area (Å²) in [6.07, 6.45) is 2.25. The van der Waals surface area contributed by atoms with Gasteiger partial charge in [-0.2, -0.15) is 5.26 Å². The Balaban J connectivity index is 1.84. The molecule has 3 rings (SSSR count). The molecule has 1 atom stereocenters. The fraction of sp³-hybridized carbons (Fsp3) is 0.188. The van der Waals surface area contributed by atoms with Gasteiger partial charge in [0.2, 0.25) is 0 Å². The van der Waals surface area contributed by atoms with E-state index in [0.29, 0.717) is 11.6 Å². The highest BCUT2D eigenvalue weighted by atomic mass is 14.9. The van der Waals surface area contributed by atoms with E-state index in [-0.39, 0.29) is 0 Å². The molecule has 2 aromatic carbocycles. The van der Waals surface area contributed by atoms with Crippen LogP contribution in [0, 0.1) is 11.3 Å². The maximum atomic E-state index is 8.90. The van der Waals surface area contributed by atoms with Crippen molar-refractivity contribution in [2.75, 3.05) is 5.32 Å². The topological polar surface area (TPSA) is 35.8 Å². The Morgan fingerprint density at radius 1 is 1.11 bits per heavy atom. The van der Waals surface area contributed by atoms with Crippen molar-refractivity contribution in [3.05, 3.63) is 65.2 Å². The van der Waals surface area contributed by atoms with E-state index in [9.17, 15) is 0 Å². The second kappa shape index (κ2) is 4.54. The van der Waals surface area contributed by atoms with Crippen LogP contribution >= 0.6 is 0 Å². The number of fused-ring (bicyclic) bond motifs is 1. The van der Waals surface area contributed by atoms with E-state index in [1.807, 2.05) is 24.3 Å². The Bertz CT molecular complexity index is 610. The lowest BCUT2D eigenvalue weighted by molar-refractivity contribution is 0.762. The molecule has 2 heteroatoms. The third-order valence-electron chi connectivity index (χ3n) is 3.47. The van der Waals surface area contributed by atoms with Gasteiger partial charge in [0.25, 0.3) is 0 Å². The molecule has 1 N–H and O–H groups in total. The van der Waals surface area contributed by atoms with Crippen LogP contribution in [0.3, 0.4) is 0 Å². The van der Waals surface area contributed by atoms with Gasteiger partial charge in [0, 0.05) is 5.69 Å². The third kappa shape index (κ3) is 1.96. The largest absolute Gasteiger partial charge is 0.378 e.